The van der Waals surface area contributed by atoms with Gasteiger partial charge in [-0.25, -0.2) is 16.8 Å². The van der Waals surface area contributed by atoms with Crippen molar-refractivity contribution in [3.05, 3.63) is 46.8 Å². The van der Waals surface area contributed by atoms with E-state index in [0.29, 0.717) is 23.6 Å². The first-order valence-corrected chi connectivity index (χ1v) is 14.8. The van der Waals surface area contributed by atoms with Gasteiger partial charge < -0.3 is 10.4 Å². The van der Waals surface area contributed by atoms with E-state index in [1.54, 1.807) is 30.8 Å². The van der Waals surface area contributed by atoms with E-state index >= 15 is 0 Å². The monoisotopic (exact) mass is 506 g/mol. The molecule has 1 aromatic carbocycles. The van der Waals surface area contributed by atoms with Crippen LogP contribution in [0.3, 0.4) is 0 Å². The van der Waals surface area contributed by atoms with E-state index in [4.69, 9.17) is 0 Å². The molecule has 1 atom stereocenters. The second-order valence-corrected chi connectivity index (χ2v) is 12.9. The Balaban J connectivity index is 1.76. The highest BCUT2D eigenvalue weighted by molar-refractivity contribution is 7.98. The lowest BCUT2D eigenvalue weighted by atomic mass is 10.2. The summed E-state index contributed by atoms with van der Waals surface area (Å²) in [6, 6.07) is 9.48. The summed E-state index contributed by atoms with van der Waals surface area (Å²) >= 11 is 2.55. The number of benzene rings is 1. The number of aliphatic hydroxyl groups is 1. The van der Waals surface area contributed by atoms with Gasteiger partial charge in [0.25, 0.3) is 5.91 Å². The van der Waals surface area contributed by atoms with E-state index in [-0.39, 0.29) is 21.4 Å². The number of carbonyl (C=O) groups is 1. The number of amides is 1. The highest BCUT2D eigenvalue weighted by Gasteiger charge is 2.18. The molecule has 0 saturated heterocycles. The zero-order chi connectivity index (χ0) is 23.1. The van der Waals surface area contributed by atoms with Crippen molar-refractivity contribution in [1.82, 2.24) is 10.0 Å². The molecule has 0 fully saturated rings. The van der Waals surface area contributed by atoms with Crippen LogP contribution in [-0.2, 0) is 25.6 Å². The van der Waals surface area contributed by atoms with Crippen molar-refractivity contribution in [2.24, 2.45) is 0 Å². The number of hydrogen-bond acceptors (Lipinski definition) is 8. The maximum atomic E-state index is 12.3. The van der Waals surface area contributed by atoms with Crippen LogP contribution in [0.15, 0.2) is 45.5 Å². The maximum absolute atomic E-state index is 12.3. The molecule has 31 heavy (non-hydrogen) atoms. The number of thiophene rings is 1. The Morgan fingerprint density at radius 1 is 1.19 bits per heavy atom. The number of hydrogen-bond donors (Lipinski definition) is 3. The number of aliphatic hydroxyl groups excluding tert-OH is 1. The average Bonchev–Trinajstić information content (AvgIpc) is 3.21. The van der Waals surface area contributed by atoms with E-state index in [1.807, 2.05) is 6.07 Å². The fraction of sp³-hybridized carbons (Fsp3) is 0.421. The molecule has 1 aromatic heterocycles. The summed E-state index contributed by atoms with van der Waals surface area (Å²) < 4.78 is 49.9. The van der Waals surface area contributed by atoms with Gasteiger partial charge in [-0.2, -0.15) is 16.5 Å². The number of sulfonamides is 1. The molecular weight excluding hydrogens is 480 g/mol. The van der Waals surface area contributed by atoms with Crippen LogP contribution < -0.4 is 10.0 Å². The molecule has 2 aromatic rings. The van der Waals surface area contributed by atoms with Crippen molar-refractivity contribution in [2.45, 2.75) is 40.9 Å². The molecular formula is C19H26N2O6S4. The van der Waals surface area contributed by atoms with Crippen LogP contribution in [0.25, 0.3) is 0 Å². The molecule has 12 heteroatoms. The van der Waals surface area contributed by atoms with Crippen LogP contribution in [0.2, 0.25) is 0 Å². The number of thioether (sulfide) groups is 1. The average molecular weight is 507 g/mol. The molecule has 0 unspecified atom stereocenters. The summed E-state index contributed by atoms with van der Waals surface area (Å²) in [5, 5.41) is 12.3. The second-order valence-electron chi connectivity index (χ2n) is 6.75. The van der Waals surface area contributed by atoms with Crippen molar-refractivity contribution >= 4 is 48.9 Å². The summed E-state index contributed by atoms with van der Waals surface area (Å²) in [6.45, 7) is 2.13. The molecule has 1 heterocycles. The van der Waals surface area contributed by atoms with Crippen LogP contribution in [0.1, 0.15) is 35.0 Å². The van der Waals surface area contributed by atoms with Gasteiger partial charge in [0.2, 0.25) is 10.0 Å². The van der Waals surface area contributed by atoms with Gasteiger partial charge in [0.1, 0.15) is 10.4 Å². The first-order chi connectivity index (χ1) is 14.5. The number of rotatable bonds is 12. The molecule has 2 rings (SSSR count). The van der Waals surface area contributed by atoms with Gasteiger partial charge in [0.15, 0.2) is 9.84 Å². The van der Waals surface area contributed by atoms with Crippen LogP contribution in [0.5, 0.6) is 0 Å². The number of sulfone groups is 1. The van der Waals surface area contributed by atoms with Gasteiger partial charge in [0.05, 0.1) is 9.77 Å². The zero-order valence-corrected chi connectivity index (χ0v) is 20.5. The second kappa shape index (κ2) is 11.4. The summed E-state index contributed by atoms with van der Waals surface area (Å²) in [5.41, 5.74) is 0.842. The maximum Gasteiger partial charge on any atom is 0.261 e. The number of nitrogens with one attached hydrogen (secondary N) is 2. The summed E-state index contributed by atoms with van der Waals surface area (Å²) in [6.07, 6.45) is 0.971. The molecule has 3 N–H and O–H groups in total. The SMILES string of the molecule is CC[C@@H](O)NS(=O)(=O)c1cccc(CSCCCNC(=O)c2ccc(S(C)(=O)=O)s2)c1. The van der Waals surface area contributed by atoms with E-state index in [2.05, 4.69) is 10.0 Å². The van der Waals surface area contributed by atoms with Gasteiger partial charge in [-0.15, -0.1) is 11.3 Å². The molecule has 0 saturated carbocycles. The Labute approximate surface area is 191 Å². The Morgan fingerprint density at radius 2 is 1.94 bits per heavy atom. The van der Waals surface area contributed by atoms with Crippen molar-refractivity contribution < 1.29 is 26.7 Å². The van der Waals surface area contributed by atoms with Gasteiger partial charge in [-0.1, -0.05) is 19.1 Å². The highest BCUT2D eigenvalue weighted by Crippen LogP contribution is 2.21. The van der Waals surface area contributed by atoms with Gasteiger partial charge in [-0.3, -0.25) is 4.79 Å². The van der Waals surface area contributed by atoms with E-state index in [0.717, 1.165) is 28.9 Å². The lowest BCUT2D eigenvalue weighted by Crippen LogP contribution is -2.34. The fourth-order valence-electron chi connectivity index (χ4n) is 2.43. The van der Waals surface area contributed by atoms with Crippen molar-refractivity contribution in [3.8, 4) is 0 Å². The van der Waals surface area contributed by atoms with E-state index < -0.39 is 26.1 Å². The van der Waals surface area contributed by atoms with Crippen LogP contribution >= 0.6 is 23.1 Å². The lowest BCUT2D eigenvalue weighted by Gasteiger charge is -2.12. The third-order valence-electron chi connectivity index (χ3n) is 4.08. The molecule has 1 amide bonds. The zero-order valence-electron chi connectivity index (χ0n) is 17.2. The standard InChI is InChI=1S/C19H26N2O6S4/c1-3-17(22)21-31(26,27)15-7-4-6-14(12-15)13-28-11-5-10-20-19(23)16-8-9-18(29-16)30(2,24)25/h4,6-9,12,17,21-22H,3,5,10-11,13H2,1-2H3,(H,20,23)/t17-/m1/s1. The molecule has 0 aliphatic rings. The third-order valence-corrected chi connectivity index (χ3v) is 9.55. The minimum atomic E-state index is -3.77. The fourth-order valence-corrected chi connectivity index (χ4v) is 6.40. The normalized spacial score (nSPS) is 13.1. The molecule has 8 nitrogen and oxygen atoms in total. The third kappa shape index (κ3) is 8.20. The van der Waals surface area contributed by atoms with Crippen molar-refractivity contribution in [3.63, 3.8) is 0 Å². The summed E-state index contributed by atoms with van der Waals surface area (Å²) in [4.78, 5) is 12.5. The Morgan fingerprint density at radius 3 is 2.58 bits per heavy atom. The summed E-state index contributed by atoms with van der Waals surface area (Å²) in [5.74, 6) is 1.06. The Bertz CT molecular complexity index is 1100. The van der Waals surface area contributed by atoms with Gasteiger partial charge >= 0.3 is 0 Å². The van der Waals surface area contributed by atoms with Gasteiger partial charge in [-0.05, 0) is 48.4 Å². The predicted octanol–water partition coefficient (Wildman–Crippen LogP) is 2.21. The van der Waals surface area contributed by atoms with E-state index in [1.165, 1.54) is 18.2 Å². The van der Waals surface area contributed by atoms with Gasteiger partial charge in [0, 0.05) is 18.6 Å². The lowest BCUT2D eigenvalue weighted by molar-refractivity contribution is 0.0957. The Kier molecular flexibility index (Phi) is 9.52. The Hall–Kier alpha value is -1.44. The highest BCUT2D eigenvalue weighted by atomic mass is 32.2. The minimum absolute atomic E-state index is 0.106. The van der Waals surface area contributed by atoms with Crippen LogP contribution in [0, 0.1) is 0 Å². The molecule has 0 spiro atoms. The van der Waals surface area contributed by atoms with Crippen molar-refractivity contribution in [1.29, 1.82) is 0 Å². The topological polar surface area (TPSA) is 130 Å². The molecule has 0 radical (unpaired) electrons. The first-order valence-electron chi connectivity index (χ1n) is 9.48. The van der Waals surface area contributed by atoms with Crippen LogP contribution in [0.4, 0.5) is 0 Å². The summed E-state index contributed by atoms with van der Waals surface area (Å²) in [7, 11) is -7.08. The largest absolute Gasteiger partial charge is 0.378 e. The first kappa shape index (κ1) is 25.8. The minimum Gasteiger partial charge on any atom is -0.378 e. The smallest absolute Gasteiger partial charge is 0.261 e. The van der Waals surface area contributed by atoms with Crippen molar-refractivity contribution in [2.75, 3.05) is 18.6 Å². The van der Waals surface area contributed by atoms with Crippen LogP contribution in [-0.4, -0.2) is 52.6 Å². The molecule has 172 valence electrons. The molecule has 0 aliphatic carbocycles. The predicted molar refractivity (Wildman–Crippen MR) is 124 cm³/mol. The molecule has 0 bridgehead atoms. The molecule has 0 aliphatic heterocycles. The quantitative estimate of drug-likeness (QED) is 0.297. The number of carbonyl (C=O) groups excluding carboxylic acids is 1. The van der Waals surface area contributed by atoms with E-state index in [9.17, 15) is 26.7 Å².